The number of nitrogens with one attached hydrogen (secondary N) is 1. The lowest BCUT2D eigenvalue weighted by molar-refractivity contribution is 0.187. The molecule has 70 valence electrons. The first-order valence-corrected chi connectivity index (χ1v) is 3.78. The summed E-state index contributed by atoms with van der Waals surface area (Å²) in [6, 6.07) is 4.77. The Balaban J connectivity index is 2.79. The number of amides is 1. The van der Waals surface area contributed by atoms with Gasteiger partial charge in [0.15, 0.2) is 0 Å². The van der Waals surface area contributed by atoms with E-state index in [1.807, 2.05) is 0 Å². The Morgan fingerprint density at radius 1 is 1.54 bits per heavy atom. The number of aromatic hydroxyl groups is 1. The molecule has 1 rings (SSSR count). The number of phenolic OH excluding ortho intramolecular Hbond substituents is 1. The summed E-state index contributed by atoms with van der Waals surface area (Å²) < 4.78 is 4.41. The van der Waals surface area contributed by atoms with Crippen LogP contribution in [0.15, 0.2) is 18.2 Å². The number of ether oxygens (including phenoxy) is 1. The van der Waals surface area contributed by atoms with Gasteiger partial charge >= 0.3 is 6.09 Å². The number of carbonyl (C=O) groups is 1. The highest BCUT2D eigenvalue weighted by atomic mass is 16.5. The van der Waals surface area contributed by atoms with Gasteiger partial charge in [0.25, 0.3) is 0 Å². The molecule has 0 saturated heterocycles. The highest BCUT2D eigenvalue weighted by Crippen LogP contribution is 2.19. The Hall–Kier alpha value is -1.71. The van der Waals surface area contributed by atoms with Crippen LogP contribution >= 0.6 is 0 Å². The van der Waals surface area contributed by atoms with Crippen LogP contribution in [0.25, 0.3) is 0 Å². The van der Waals surface area contributed by atoms with Crippen LogP contribution in [0.2, 0.25) is 0 Å². The molecule has 0 saturated carbocycles. The fraction of sp³-hybridized carbons (Fsp3) is 0.222. The molecule has 0 aromatic heterocycles. The zero-order valence-corrected chi connectivity index (χ0v) is 7.50. The van der Waals surface area contributed by atoms with Crippen molar-refractivity contribution < 1.29 is 14.6 Å². The summed E-state index contributed by atoms with van der Waals surface area (Å²) in [6.07, 6.45) is -0.523. The van der Waals surface area contributed by atoms with Crippen LogP contribution in [0.1, 0.15) is 5.56 Å². The van der Waals surface area contributed by atoms with E-state index in [0.29, 0.717) is 11.3 Å². The first kappa shape index (κ1) is 9.38. The van der Waals surface area contributed by atoms with Gasteiger partial charge in [0.1, 0.15) is 5.75 Å². The molecule has 0 unspecified atom stereocenters. The number of rotatable bonds is 1. The van der Waals surface area contributed by atoms with Crippen LogP contribution in [-0.4, -0.2) is 18.3 Å². The van der Waals surface area contributed by atoms with Gasteiger partial charge in [-0.15, -0.1) is 0 Å². The average Bonchev–Trinajstić information content (AvgIpc) is 2.11. The van der Waals surface area contributed by atoms with E-state index in [-0.39, 0.29) is 5.75 Å². The van der Waals surface area contributed by atoms with Gasteiger partial charge in [-0.05, 0) is 30.7 Å². The molecule has 4 nitrogen and oxygen atoms in total. The Labute approximate surface area is 76.1 Å². The summed E-state index contributed by atoms with van der Waals surface area (Å²) >= 11 is 0. The summed E-state index contributed by atoms with van der Waals surface area (Å²) in [5.74, 6) is 0.204. The van der Waals surface area contributed by atoms with Crippen molar-refractivity contribution in [2.75, 3.05) is 12.4 Å². The number of hydrogen-bond acceptors (Lipinski definition) is 3. The highest BCUT2D eigenvalue weighted by Gasteiger charge is 2.01. The molecule has 0 bridgehead atoms. The third-order valence-corrected chi connectivity index (χ3v) is 1.63. The quantitative estimate of drug-likeness (QED) is 0.650. The maximum Gasteiger partial charge on any atom is 0.411 e. The first-order valence-electron chi connectivity index (χ1n) is 3.78. The van der Waals surface area contributed by atoms with Gasteiger partial charge < -0.3 is 9.84 Å². The van der Waals surface area contributed by atoms with E-state index in [0.717, 1.165) is 0 Å². The molecule has 2 N–H and O–H groups in total. The van der Waals surface area contributed by atoms with Crippen molar-refractivity contribution in [2.24, 2.45) is 0 Å². The standard InChI is InChI=1S/C9H11NO3/c1-6-5-7(3-4-8(6)11)10-9(12)13-2/h3-5,11H,1-2H3,(H,10,12). The molecular weight excluding hydrogens is 170 g/mol. The van der Waals surface area contributed by atoms with Gasteiger partial charge in [-0.3, -0.25) is 5.32 Å². The number of methoxy groups -OCH3 is 1. The van der Waals surface area contributed by atoms with E-state index >= 15 is 0 Å². The summed E-state index contributed by atoms with van der Waals surface area (Å²) in [4.78, 5) is 10.8. The maximum atomic E-state index is 10.8. The second kappa shape index (κ2) is 3.80. The predicted molar refractivity (Wildman–Crippen MR) is 48.9 cm³/mol. The zero-order chi connectivity index (χ0) is 9.84. The zero-order valence-electron chi connectivity index (χ0n) is 7.50. The second-order valence-electron chi connectivity index (χ2n) is 2.62. The maximum absolute atomic E-state index is 10.8. The molecule has 0 atom stereocenters. The molecule has 0 fully saturated rings. The number of aryl methyl sites for hydroxylation is 1. The molecule has 1 aromatic carbocycles. The van der Waals surface area contributed by atoms with Crippen molar-refractivity contribution in [1.82, 2.24) is 0 Å². The lowest BCUT2D eigenvalue weighted by Crippen LogP contribution is -2.10. The Bertz CT molecular complexity index is 323. The lowest BCUT2D eigenvalue weighted by atomic mass is 10.2. The van der Waals surface area contributed by atoms with E-state index in [4.69, 9.17) is 0 Å². The van der Waals surface area contributed by atoms with Crippen LogP contribution in [0.5, 0.6) is 5.75 Å². The molecule has 0 aliphatic rings. The summed E-state index contributed by atoms with van der Waals surface area (Å²) in [7, 11) is 1.29. The smallest absolute Gasteiger partial charge is 0.411 e. The Kier molecular flexibility index (Phi) is 2.74. The predicted octanol–water partition coefficient (Wildman–Crippen LogP) is 1.88. The van der Waals surface area contributed by atoms with Gasteiger partial charge in [-0.25, -0.2) is 4.79 Å². The van der Waals surface area contributed by atoms with E-state index in [1.165, 1.54) is 13.2 Å². The summed E-state index contributed by atoms with van der Waals surface area (Å²) in [5, 5.41) is 11.7. The molecule has 0 heterocycles. The van der Waals surface area contributed by atoms with Gasteiger partial charge in [0.05, 0.1) is 7.11 Å². The van der Waals surface area contributed by atoms with Gasteiger partial charge in [-0.1, -0.05) is 0 Å². The molecule has 0 radical (unpaired) electrons. The van der Waals surface area contributed by atoms with Crippen molar-refractivity contribution in [3.63, 3.8) is 0 Å². The SMILES string of the molecule is COC(=O)Nc1ccc(O)c(C)c1. The number of benzene rings is 1. The van der Waals surface area contributed by atoms with Crippen LogP contribution < -0.4 is 5.32 Å². The fourth-order valence-electron chi connectivity index (χ4n) is 0.902. The topological polar surface area (TPSA) is 58.6 Å². The second-order valence-corrected chi connectivity index (χ2v) is 2.62. The normalized spacial score (nSPS) is 9.38. The van der Waals surface area contributed by atoms with Gasteiger partial charge in [0.2, 0.25) is 0 Å². The molecule has 0 aliphatic heterocycles. The number of phenols is 1. The molecule has 13 heavy (non-hydrogen) atoms. The van der Waals surface area contributed by atoms with Gasteiger partial charge in [-0.2, -0.15) is 0 Å². The first-order chi connectivity index (χ1) is 6.13. The van der Waals surface area contributed by atoms with Crippen molar-refractivity contribution in [3.8, 4) is 5.75 Å². The van der Waals surface area contributed by atoms with Crippen LogP contribution in [0, 0.1) is 6.92 Å². The van der Waals surface area contributed by atoms with Crippen LogP contribution in [0.3, 0.4) is 0 Å². The Morgan fingerprint density at radius 3 is 2.77 bits per heavy atom. The van der Waals surface area contributed by atoms with E-state index in [2.05, 4.69) is 10.1 Å². The summed E-state index contributed by atoms with van der Waals surface area (Å²) in [6.45, 7) is 1.75. The monoisotopic (exact) mass is 181 g/mol. The average molecular weight is 181 g/mol. The van der Waals surface area contributed by atoms with Crippen molar-refractivity contribution in [1.29, 1.82) is 0 Å². The highest BCUT2D eigenvalue weighted by molar-refractivity contribution is 5.84. The van der Waals surface area contributed by atoms with E-state index < -0.39 is 6.09 Å². The fourth-order valence-corrected chi connectivity index (χ4v) is 0.902. The van der Waals surface area contributed by atoms with Crippen molar-refractivity contribution in [3.05, 3.63) is 23.8 Å². The lowest BCUT2D eigenvalue weighted by Gasteiger charge is -2.05. The Morgan fingerprint density at radius 2 is 2.23 bits per heavy atom. The molecule has 4 heteroatoms. The molecule has 0 spiro atoms. The largest absolute Gasteiger partial charge is 0.508 e. The van der Waals surface area contributed by atoms with E-state index in [9.17, 15) is 9.90 Å². The summed E-state index contributed by atoms with van der Waals surface area (Å²) in [5.41, 5.74) is 1.30. The van der Waals surface area contributed by atoms with Crippen molar-refractivity contribution in [2.45, 2.75) is 6.92 Å². The molecule has 1 aromatic rings. The molecule has 0 aliphatic carbocycles. The van der Waals surface area contributed by atoms with Gasteiger partial charge in [0, 0.05) is 5.69 Å². The third-order valence-electron chi connectivity index (χ3n) is 1.63. The third kappa shape index (κ3) is 2.37. The molecular formula is C9H11NO3. The molecule has 1 amide bonds. The minimum absolute atomic E-state index is 0.204. The van der Waals surface area contributed by atoms with E-state index in [1.54, 1.807) is 19.1 Å². The minimum Gasteiger partial charge on any atom is -0.508 e. The number of hydrogen-bond donors (Lipinski definition) is 2. The van der Waals surface area contributed by atoms with Crippen LogP contribution in [-0.2, 0) is 4.74 Å². The number of anilines is 1. The van der Waals surface area contributed by atoms with Crippen molar-refractivity contribution >= 4 is 11.8 Å². The number of carbonyl (C=O) groups excluding carboxylic acids is 1. The van der Waals surface area contributed by atoms with Crippen LogP contribution in [0.4, 0.5) is 10.5 Å². The minimum atomic E-state index is -0.523.